The molecule has 0 N–H and O–H groups in total. The van der Waals surface area contributed by atoms with Gasteiger partial charge in [-0.2, -0.15) is 0 Å². The molecule has 1 atom stereocenters. The number of allylic oxidation sites excluding steroid dienone is 1. The molecule has 1 aromatic heterocycles. The zero-order valence-corrected chi connectivity index (χ0v) is 15.7. The second kappa shape index (κ2) is 8.08. The van der Waals surface area contributed by atoms with E-state index in [1.165, 1.54) is 5.56 Å². The lowest BCUT2D eigenvalue weighted by molar-refractivity contribution is 0.0724. The summed E-state index contributed by atoms with van der Waals surface area (Å²) in [4.78, 5) is 14.3. The van der Waals surface area contributed by atoms with E-state index in [1.807, 2.05) is 60.7 Å². The summed E-state index contributed by atoms with van der Waals surface area (Å²) in [6.07, 6.45) is 6.47. The standard InChI is InChI=1S/C22H22N4O2/c1-25(15-19-14-18-11-5-6-12-21(18)28-19)22(27)20-16-26(24-23-20)13-7-10-17-8-3-2-4-9-17/h2-12,16,19H,13-15H2,1H3. The van der Waals surface area contributed by atoms with Crippen LogP contribution in [0.1, 0.15) is 21.6 Å². The van der Waals surface area contributed by atoms with Gasteiger partial charge in [-0.05, 0) is 17.2 Å². The number of ether oxygens (including phenoxy) is 1. The van der Waals surface area contributed by atoms with Crippen LogP contribution in [-0.2, 0) is 13.0 Å². The number of carbonyl (C=O) groups excluding carboxylic acids is 1. The van der Waals surface area contributed by atoms with Gasteiger partial charge in [0.15, 0.2) is 5.69 Å². The Labute approximate surface area is 164 Å². The lowest BCUT2D eigenvalue weighted by Gasteiger charge is -2.20. The SMILES string of the molecule is CN(CC1Cc2ccccc2O1)C(=O)c1cn(CC=Cc2ccccc2)nn1. The van der Waals surface area contributed by atoms with E-state index in [1.54, 1.807) is 22.8 Å². The number of aromatic nitrogens is 3. The fourth-order valence-corrected chi connectivity index (χ4v) is 3.29. The van der Waals surface area contributed by atoms with Crippen molar-refractivity contribution in [2.75, 3.05) is 13.6 Å². The smallest absolute Gasteiger partial charge is 0.275 e. The number of para-hydroxylation sites is 1. The van der Waals surface area contributed by atoms with Gasteiger partial charge in [-0.3, -0.25) is 4.79 Å². The van der Waals surface area contributed by atoms with E-state index in [-0.39, 0.29) is 12.0 Å². The molecule has 0 radical (unpaired) electrons. The highest BCUT2D eigenvalue weighted by Gasteiger charge is 2.26. The van der Waals surface area contributed by atoms with Gasteiger partial charge in [0.1, 0.15) is 11.9 Å². The second-order valence-corrected chi connectivity index (χ2v) is 6.88. The zero-order chi connectivity index (χ0) is 19.3. The van der Waals surface area contributed by atoms with Crippen molar-refractivity contribution in [3.05, 3.63) is 83.7 Å². The van der Waals surface area contributed by atoms with Gasteiger partial charge in [-0.25, -0.2) is 4.68 Å². The molecule has 1 unspecified atom stereocenters. The number of hydrogen-bond acceptors (Lipinski definition) is 4. The highest BCUT2D eigenvalue weighted by molar-refractivity contribution is 5.91. The summed E-state index contributed by atoms with van der Waals surface area (Å²) in [5, 5.41) is 8.08. The van der Waals surface area contributed by atoms with Crippen molar-refractivity contribution >= 4 is 12.0 Å². The molecule has 142 valence electrons. The first-order valence-electron chi connectivity index (χ1n) is 9.31. The Hall–Kier alpha value is -3.41. The number of nitrogens with zero attached hydrogens (tertiary/aromatic N) is 4. The summed E-state index contributed by atoms with van der Waals surface area (Å²) in [6.45, 7) is 1.06. The van der Waals surface area contributed by atoms with E-state index in [0.29, 0.717) is 18.8 Å². The summed E-state index contributed by atoms with van der Waals surface area (Å²) in [6, 6.07) is 18.0. The van der Waals surface area contributed by atoms with Crippen LogP contribution in [0.4, 0.5) is 0 Å². The molecule has 28 heavy (non-hydrogen) atoms. The summed E-state index contributed by atoms with van der Waals surface area (Å²) in [5.74, 6) is 0.752. The van der Waals surface area contributed by atoms with Crippen molar-refractivity contribution in [2.45, 2.75) is 19.1 Å². The predicted octanol–water partition coefficient (Wildman–Crippen LogP) is 3.07. The minimum atomic E-state index is -0.155. The second-order valence-electron chi connectivity index (χ2n) is 6.88. The molecule has 6 heteroatoms. The fraction of sp³-hybridized carbons (Fsp3) is 0.227. The first kappa shape index (κ1) is 18.0. The Morgan fingerprint density at radius 3 is 2.82 bits per heavy atom. The lowest BCUT2D eigenvalue weighted by Crippen LogP contribution is -2.36. The van der Waals surface area contributed by atoms with Crippen LogP contribution < -0.4 is 4.74 Å². The molecule has 6 nitrogen and oxygen atoms in total. The van der Waals surface area contributed by atoms with Crippen LogP contribution in [0.2, 0.25) is 0 Å². The zero-order valence-electron chi connectivity index (χ0n) is 15.7. The number of hydrogen-bond donors (Lipinski definition) is 0. The molecule has 1 aliphatic rings. The fourth-order valence-electron chi connectivity index (χ4n) is 3.29. The van der Waals surface area contributed by atoms with Gasteiger partial charge in [0, 0.05) is 13.5 Å². The number of amides is 1. The maximum atomic E-state index is 12.7. The Bertz CT molecular complexity index is 956. The third-order valence-electron chi connectivity index (χ3n) is 4.70. The van der Waals surface area contributed by atoms with Crippen LogP contribution >= 0.6 is 0 Å². The molecule has 3 aromatic rings. The van der Waals surface area contributed by atoms with Crippen molar-refractivity contribution < 1.29 is 9.53 Å². The van der Waals surface area contributed by atoms with E-state index in [2.05, 4.69) is 16.4 Å². The molecule has 4 rings (SSSR count). The number of benzene rings is 2. The van der Waals surface area contributed by atoms with Crippen molar-refractivity contribution in [3.63, 3.8) is 0 Å². The van der Waals surface area contributed by atoms with E-state index in [4.69, 9.17) is 4.74 Å². The van der Waals surface area contributed by atoms with Crippen molar-refractivity contribution in [1.82, 2.24) is 19.9 Å². The molecule has 0 bridgehead atoms. The average Bonchev–Trinajstić information content (AvgIpc) is 3.34. The highest BCUT2D eigenvalue weighted by Crippen LogP contribution is 2.28. The van der Waals surface area contributed by atoms with Crippen LogP contribution in [0.5, 0.6) is 5.75 Å². The molecule has 0 saturated heterocycles. The summed E-state index contributed by atoms with van der Waals surface area (Å²) < 4.78 is 7.57. The molecule has 1 amide bonds. The quantitative estimate of drug-likeness (QED) is 0.665. The maximum absolute atomic E-state index is 12.7. The molecule has 2 heterocycles. The van der Waals surface area contributed by atoms with Gasteiger partial charge >= 0.3 is 0 Å². The number of fused-ring (bicyclic) bond motifs is 1. The van der Waals surface area contributed by atoms with Gasteiger partial charge in [0.25, 0.3) is 5.91 Å². The van der Waals surface area contributed by atoms with E-state index in [0.717, 1.165) is 17.7 Å². The van der Waals surface area contributed by atoms with Crippen LogP contribution in [0.15, 0.2) is 66.9 Å². The van der Waals surface area contributed by atoms with E-state index < -0.39 is 0 Å². The molecule has 0 aliphatic carbocycles. The van der Waals surface area contributed by atoms with Crippen molar-refractivity contribution in [1.29, 1.82) is 0 Å². The van der Waals surface area contributed by atoms with Crippen molar-refractivity contribution in [3.8, 4) is 5.75 Å². The molecule has 0 saturated carbocycles. The number of rotatable bonds is 6. The Morgan fingerprint density at radius 1 is 1.21 bits per heavy atom. The van der Waals surface area contributed by atoms with Crippen molar-refractivity contribution in [2.24, 2.45) is 0 Å². The third kappa shape index (κ3) is 4.11. The first-order valence-corrected chi connectivity index (χ1v) is 9.31. The average molecular weight is 374 g/mol. The Morgan fingerprint density at radius 2 is 2.00 bits per heavy atom. The number of likely N-dealkylation sites (N-methyl/N-ethyl adjacent to an activating group) is 1. The normalized spacial score (nSPS) is 15.4. The molecule has 1 aliphatic heterocycles. The number of carbonyl (C=O) groups is 1. The first-order chi connectivity index (χ1) is 13.7. The van der Waals surface area contributed by atoms with Crippen LogP contribution in [0.3, 0.4) is 0 Å². The Balaban J connectivity index is 1.32. The molecule has 0 spiro atoms. The predicted molar refractivity (Wildman–Crippen MR) is 107 cm³/mol. The monoisotopic (exact) mass is 374 g/mol. The lowest BCUT2D eigenvalue weighted by atomic mass is 10.1. The summed E-state index contributed by atoms with van der Waals surface area (Å²) in [5.41, 5.74) is 2.65. The maximum Gasteiger partial charge on any atom is 0.275 e. The summed E-state index contributed by atoms with van der Waals surface area (Å²) >= 11 is 0. The third-order valence-corrected chi connectivity index (χ3v) is 4.70. The largest absolute Gasteiger partial charge is 0.488 e. The van der Waals surface area contributed by atoms with Gasteiger partial charge in [0.2, 0.25) is 0 Å². The molecule has 2 aromatic carbocycles. The minimum Gasteiger partial charge on any atom is -0.488 e. The van der Waals surface area contributed by atoms with Gasteiger partial charge < -0.3 is 9.64 Å². The van der Waals surface area contributed by atoms with Gasteiger partial charge in [-0.15, -0.1) is 5.10 Å². The van der Waals surface area contributed by atoms with Crippen LogP contribution in [0, 0.1) is 0 Å². The molecule has 0 fully saturated rings. The van der Waals surface area contributed by atoms with Crippen LogP contribution in [-0.4, -0.2) is 45.5 Å². The topological polar surface area (TPSA) is 60.2 Å². The summed E-state index contributed by atoms with van der Waals surface area (Å²) in [7, 11) is 1.77. The molecular weight excluding hydrogens is 352 g/mol. The van der Waals surface area contributed by atoms with E-state index in [9.17, 15) is 4.79 Å². The van der Waals surface area contributed by atoms with Gasteiger partial charge in [0.05, 0.1) is 19.3 Å². The van der Waals surface area contributed by atoms with Crippen LogP contribution in [0.25, 0.3) is 6.08 Å². The highest BCUT2D eigenvalue weighted by atomic mass is 16.5. The minimum absolute atomic E-state index is 0.0322. The van der Waals surface area contributed by atoms with E-state index >= 15 is 0 Å². The molecular formula is C22H22N4O2. The van der Waals surface area contributed by atoms with Gasteiger partial charge in [-0.1, -0.05) is 65.9 Å². The Kier molecular flexibility index (Phi) is 5.19.